The lowest BCUT2D eigenvalue weighted by Gasteiger charge is -2.47. The van der Waals surface area contributed by atoms with Gasteiger partial charge in [-0.3, -0.25) is 14.4 Å². The molecule has 2 aliphatic heterocycles. The lowest BCUT2D eigenvalue weighted by molar-refractivity contribution is -0.139. The van der Waals surface area contributed by atoms with E-state index in [4.69, 9.17) is 4.74 Å². The summed E-state index contributed by atoms with van der Waals surface area (Å²) in [6.07, 6.45) is 7.15. The van der Waals surface area contributed by atoms with Crippen LogP contribution in [0.2, 0.25) is 0 Å². The number of aryl methyl sites for hydroxylation is 1. The third-order valence-corrected chi connectivity index (χ3v) is 5.85. The standard InChI is InChI=1S/C19H32N4O2/c1-3-23-11-6-17(20-23)15-21-12-8-19(9-13-21)7-5-18(24)22(16-19)10-4-14-25-2/h6,11H,3-5,7-10,12-16H2,1-2H3. The van der Waals surface area contributed by atoms with Crippen LogP contribution in [0.25, 0.3) is 0 Å². The van der Waals surface area contributed by atoms with Crippen LogP contribution in [-0.4, -0.2) is 65.4 Å². The summed E-state index contributed by atoms with van der Waals surface area (Å²) in [5, 5.41) is 4.60. The summed E-state index contributed by atoms with van der Waals surface area (Å²) in [6, 6.07) is 2.13. The molecule has 0 aromatic carbocycles. The zero-order valence-electron chi connectivity index (χ0n) is 15.7. The molecule has 140 valence electrons. The number of aromatic nitrogens is 2. The van der Waals surface area contributed by atoms with Gasteiger partial charge in [0.25, 0.3) is 0 Å². The molecule has 0 radical (unpaired) electrons. The van der Waals surface area contributed by atoms with Crippen LogP contribution in [0, 0.1) is 5.41 Å². The Balaban J connectivity index is 1.50. The van der Waals surface area contributed by atoms with Crippen LogP contribution in [0.4, 0.5) is 0 Å². The molecule has 0 atom stereocenters. The second-order valence-corrected chi connectivity index (χ2v) is 7.60. The van der Waals surface area contributed by atoms with Gasteiger partial charge in [0.2, 0.25) is 5.91 Å². The fourth-order valence-electron chi connectivity index (χ4n) is 4.19. The van der Waals surface area contributed by atoms with E-state index in [1.807, 2.05) is 4.68 Å². The molecule has 0 saturated carbocycles. The van der Waals surface area contributed by atoms with Gasteiger partial charge in [0.15, 0.2) is 0 Å². The van der Waals surface area contributed by atoms with Gasteiger partial charge in [-0.05, 0) is 57.2 Å². The van der Waals surface area contributed by atoms with E-state index in [-0.39, 0.29) is 0 Å². The number of hydrogen-bond donors (Lipinski definition) is 0. The van der Waals surface area contributed by atoms with Crippen molar-refractivity contribution in [1.82, 2.24) is 19.6 Å². The fourth-order valence-corrected chi connectivity index (χ4v) is 4.19. The molecule has 6 heteroatoms. The predicted octanol–water partition coefficient (Wildman–Crippen LogP) is 2.14. The molecule has 2 fully saturated rings. The SMILES string of the molecule is CCn1ccc(CN2CCC3(CCC(=O)N(CCCOC)C3)CC2)n1. The predicted molar refractivity (Wildman–Crippen MR) is 97.2 cm³/mol. The largest absolute Gasteiger partial charge is 0.385 e. The number of amides is 1. The molecule has 1 amide bonds. The molecule has 6 nitrogen and oxygen atoms in total. The Morgan fingerprint density at radius 3 is 2.76 bits per heavy atom. The molecule has 3 rings (SSSR count). The van der Waals surface area contributed by atoms with E-state index in [9.17, 15) is 4.79 Å². The number of piperidine rings is 2. The van der Waals surface area contributed by atoms with Crippen molar-refractivity contribution >= 4 is 5.91 Å². The zero-order valence-corrected chi connectivity index (χ0v) is 15.7. The van der Waals surface area contributed by atoms with Gasteiger partial charge in [-0.2, -0.15) is 5.10 Å². The maximum absolute atomic E-state index is 12.2. The topological polar surface area (TPSA) is 50.6 Å². The summed E-state index contributed by atoms with van der Waals surface area (Å²) in [7, 11) is 1.72. The third-order valence-electron chi connectivity index (χ3n) is 5.85. The molecule has 2 aliphatic rings. The first-order valence-electron chi connectivity index (χ1n) is 9.65. The van der Waals surface area contributed by atoms with Gasteiger partial charge in [0.05, 0.1) is 5.69 Å². The summed E-state index contributed by atoms with van der Waals surface area (Å²) in [5.41, 5.74) is 1.50. The first-order valence-corrected chi connectivity index (χ1v) is 9.65. The van der Waals surface area contributed by atoms with Crippen molar-refractivity contribution in [3.63, 3.8) is 0 Å². The van der Waals surface area contributed by atoms with Crippen LogP contribution in [0.15, 0.2) is 12.3 Å². The van der Waals surface area contributed by atoms with Gasteiger partial charge in [0.1, 0.15) is 0 Å². The minimum Gasteiger partial charge on any atom is -0.385 e. The number of rotatable bonds is 7. The third kappa shape index (κ3) is 4.61. The average molecular weight is 348 g/mol. The number of carbonyl (C=O) groups is 1. The Morgan fingerprint density at radius 1 is 1.28 bits per heavy atom. The van der Waals surface area contributed by atoms with Crippen LogP contribution in [-0.2, 0) is 22.6 Å². The highest BCUT2D eigenvalue weighted by atomic mass is 16.5. The molecule has 1 aromatic rings. The lowest BCUT2D eigenvalue weighted by Crippen LogP contribution is -2.51. The Morgan fingerprint density at radius 2 is 2.08 bits per heavy atom. The lowest BCUT2D eigenvalue weighted by atomic mass is 9.72. The number of nitrogens with zero attached hydrogens (tertiary/aromatic N) is 4. The minimum absolute atomic E-state index is 0.328. The summed E-state index contributed by atoms with van der Waals surface area (Å²) < 4.78 is 7.12. The van der Waals surface area contributed by atoms with Crippen molar-refractivity contribution in [3.05, 3.63) is 18.0 Å². The Kier molecular flexibility index (Phi) is 6.12. The van der Waals surface area contributed by atoms with Crippen LogP contribution >= 0.6 is 0 Å². The van der Waals surface area contributed by atoms with Crippen LogP contribution in [0.1, 0.15) is 44.7 Å². The smallest absolute Gasteiger partial charge is 0.222 e. The minimum atomic E-state index is 0.328. The number of ether oxygens (including phenoxy) is 1. The quantitative estimate of drug-likeness (QED) is 0.709. The summed E-state index contributed by atoms with van der Waals surface area (Å²) in [6.45, 7) is 8.72. The molecule has 1 spiro atoms. The zero-order chi connectivity index (χ0) is 17.7. The Labute approximate surface area is 151 Å². The fraction of sp³-hybridized carbons (Fsp3) is 0.789. The first kappa shape index (κ1) is 18.4. The molecule has 0 aliphatic carbocycles. The van der Waals surface area contributed by atoms with Crippen molar-refractivity contribution in [1.29, 1.82) is 0 Å². The van der Waals surface area contributed by atoms with Crippen molar-refractivity contribution in [2.24, 2.45) is 5.41 Å². The molecule has 2 saturated heterocycles. The summed E-state index contributed by atoms with van der Waals surface area (Å²) >= 11 is 0. The molecular weight excluding hydrogens is 316 g/mol. The maximum atomic E-state index is 12.2. The van der Waals surface area contributed by atoms with Crippen LogP contribution in [0.3, 0.4) is 0 Å². The van der Waals surface area contributed by atoms with Gasteiger partial charge in [-0.15, -0.1) is 0 Å². The van der Waals surface area contributed by atoms with E-state index in [1.165, 1.54) is 12.8 Å². The highest BCUT2D eigenvalue weighted by Crippen LogP contribution is 2.40. The Bertz CT molecular complexity index is 564. The number of hydrogen-bond acceptors (Lipinski definition) is 4. The van der Waals surface area contributed by atoms with E-state index < -0.39 is 0 Å². The first-order chi connectivity index (χ1) is 12.1. The summed E-state index contributed by atoms with van der Waals surface area (Å²) in [5.74, 6) is 0.328. The molecule has 25 heavy (non-hydrogen) atoms. The van der Waals surface area contributed by atoms with Gasteiger partial charge >= 0.3 is 0 Å². The van der Waals surface area contributed by atoms with Crippen LogP contribution < -0.4 is 0 Å². The van der Waals surface area contributed by atoms with Gasteiger partial charge < -0.3 is 9.64 Å². The summed E-state index contributed by atoms with van der Waals surface area (Å²) in [4.78, 5) is 16.8. The van der Waals surface area contributed by atoms with E-state index in [0.29, 0.717) is 17.7 Å². The van der Waals surface area contributed by atoms with E-state index >= 15 is 0 Å². The van der Waals surface area contributed by atoms with Gasteiger partial charge in [-0.1, -0.05) is 0 Å². The number of likely N-dealkylation sites (tertiary alicyclic amines) is 2. The van der Waals surface area contributed by atoms with Crippen molar-refractivity contribution in [2.45, 2.75) is 52.1 Å². The van der Waals surface area contributed by atoms with Gasteiger partial charge in [0, 0.05) is 52.5 Å². The van der Waals surface area contributed by atoms with E-state index in [0.717, 1.165) is 64.4 Å². The molecule has 0 N–H and O–H groups in total. The van der Waals surface area contributed by atoms with E-state index in [2.05, 4.69) is 34.1 Å². The van der Waals surface area contributed by atoms with E-state index in [1.54, 1.807) is 7.11 Å². The maximum Gasteiger partial charge on any atom is 0.222 e. The molecule has 3 heterocycles. The normalized spacial score (nSPS) is 21.2. The van der Waals surface area contributed by atoms with Crippen molar-refractivity contribution in [3.8, 4) is 0 Å². The molecule has 0 unspecified atom stereocenters. The second-order valence-electron chi connectivity index (χ2n) is 7.60. The van der Waals surface area contributed by atoms with Crippen molar-refractivity contribution < 1.29 is 9.53 Å². The Hall–Kier alpha value is -1.40. The highest BCUT2D eigenvalue weighted by Gasteiger charge is 2.40. The molecule has 1 aromatic heterocycles. The van der Waals surface area contributed by atoms with Gasteiger partial charge in [-0.25, -0.2) is 0 Å². The highest BCUT2D eigenvalue weighted by molar-refractivity contribution is 5.77. The number of methoxy groups -OCH3 is 1. The monoisotopic (exact) mass is 348 g/mol. The number of carbonyl (C=O) groups excluding carboxylic acids is 1. The average Bonchev–Trinajstić information content (AvgIpc) is 3.08. The van der Waals surface area contributed by atoms with Crippen molar-refractivity contribution in [2.75, 3.05) is 39.9 Å². The molecular formula is C19H32N4O2. The second kappa shape index (κ2) is 8.32. The van der Waals surface area contributed by atoms with Crippen LogP contribution in [0.5, 0.6) is 0 Å². The molecule has 0 bridgehead atoms.